The average molecular weight is 392 g/mol. The van der Waals surface area contributed by atoms with Gasteiger partial charge in [-0.1, -0.05) is 61.4 Å². The number of aliphatic carboxylic acids is 1. The summed E-state index contributed by atoms with van der Waals surface area (Å²) in [7, 11) is 0. The summed E-state index contributed by atoms with van der Waals surface area (Å²) >= 11 is 0. The van der Waals surface area contributed by atoms with Crippen molar-refractivity contribution >= 4 is 29.2 Å². The van der Waals surface area contributed by atoms with Crippen LogP contribution in [0.5, 0.6) is 0 Å². The summed E-state index contributed by atoms with van der Waals surface area (Å²) in [6.45, 7) is -0.0801. The van der Waals surface area contributed by atoms with Gasteiger partial charge in [0, 0.05) is 24.0 Å². The Morgan fingerprint density at radius 1 is 0.897 bits per heavy atom. The quantitative estimate of drug-likeness (QED) is 0.692. The van der Waals surface area contributed by atoms with Crippen LogP contribution in [0.1, 0.15) is 49.7 Å². The van der Waals surface area contributed by atoms with Crippen molar-refractivity contribution in [2.45, 2.75) is 38.5 Å². The predicted octanol–water partition coefficient (Wildman–Crippen LogP) is 3.82. The van der Waals surface area contributed by atoms with E-state index in [-0.39, 0.29) is 31.2 Å². The molecule has 0 aliphatic carbocycles. The number of carboxylic acids is 1. The van der Waals surface area contributed by atoms with Crippen LogP contribution in [-0.4, -0.2) is 35.1 Å². The zero-order chi connectivity index (χ0) is 20.6. The first-order valence-electron chi connectivity index (χ1n) is 9.85. The van der Waals surface area contributed by atoms with Gasteiger partial charge in [-0.3, -0.25) is 19.4 Å². The Hall–Kier alpha value is -3.28. The second kappa shape index (κ2) is 9.78. The lowest BCUT2D eigenvalue weighted by Gasteiger charge is -2.21. The van der Waals surface area contributed by atoms with E-state index in [0.717, 1.165) is 24.0 Å². The van der Waals surface area contributed by atoms with Crippen LogP contribution >= 0.6 is 0 Å². The van der Waals surface area contributed by atoms with Gasteiger partial charge in [0.2, 0.25) is 5.91 Å². The monoisotopic (exact) mass is 392 g/mol. The molecule has 0 saturated heterocycles. The average Bonchev–Trinajstić information content (AvgIpc) is 2.87. The van der Waals surface area contributed by atoms with Crippen molar-refractivity contribution in [3.8, 4) is 0 Å². The first-order chi connectivity index (χ1) is 14.1. The Bertz CT molecular complexity index is 921. The van der Waals surface area contributed by atoms with Crippen molar-refractivity contribution in [1.29, 1.82) is 0 Å². The molecule has 1 heterocycles. The molecule has 0 aromatic heterocycles. The molecule has 0 atom stereocenters. The van der Waals surface area contributed by atoms with Gasteiger partial charge in [0.05, 0.1) is 11.4 Å². The van der Waals surface area contributed by atoms with Gasteiger partial charge in [0.25, 0.3) is 5.91 Å². The van der Waals surface area contributed by atoms with Gasteiger partial charge >= 0.3 is 5.97 Å². The highest BCUT2D eigenvalue weighted by Crippen LogP contribution is 2.27. The van der Waals surface area contributed by atoms with E-state index in [1.807, 2.05) is 48.5 Å². The molecular formula is C23H24N2O4. The molecule has 2 amide bonds. The molecule has 0 spiro atoms. The van der Waals surface area contributed by atoms with Gasteiger partial charge in [0.1, 0.15) is 6.54 Å². The minimum absolute atomic E-state index is 0.0801. The zero-order valence-corrected chi connectivity index (χ0v) is 16.2. The normalized spacial score (nSPS) is 13.4. The van der Waals surface area contributed by atoms with E-state index in [0.29, 0.717) is 24.2 Å². The Morgan fingerprint density at radius 3 is 2.28 bits per heavy atom. The molecule has 3 rings (SSSR count). The molecule has 2 aromatic carbocycles. The summed E-state index contributed by atoms with van der Waals surface area (Å²) in [6, 6.07) is 17.0. The smallest absolute Gasteiger partial charge is 0.303 e. The fraction of sp³-hybridized carbons (Fsp3) is 0.304. The van der Waals surface area contributed by atoms with Gasteiger partial charge in [-0.25, -0.2) is 4.90 Å². The van der Waals surface area contributed by atoms with Gasteiger partial charge in [-0.2, -0.15) is 0 Å². The van der Waals surface area contributed by atoms with Crippen LogP contribution in [0.4, 0.5) is 5.69 Å². The molecule has 29 heavy (non-hydrogen) atoms. The molecule has 1 aliphatic heterocycles. The number of benzodiazepines with no additional fused rings is 1. The standard InChI is InChI=1S/C23H24N2O4/c26-20(14-6-1-2-7-15-22(28)29)25-19-13-9-8-12-18(19)23(24-16-21(25)27)17-10-4-3-5-11-17/h3-5,8-13H,1-2,6-7,14-16H2,(H,28,29). The summed E-state index contributed by atoms with van der Waals surface area (Å²) in [5.74, 6) is -1.38. The number of anilines is 1. The van der Waals surface area contributed by atoms with Crippen LogP contribution in [0.25, 0.3) is 0 Å². The van der Waals surface area contributed by atoms with Crippen molar-refractivity contribution in [2.75, 3.05) is 11.4 Å². The number of carboxylic acid groups (broad SMARTS) is 1. The number of benzene rings is 2. The lowest BCUT2D eigenvalue weighted by atomic mass is 10.00. The zero-order valence-electron chi connectivity index (χ0n) is 16.2. The van der Waals surface area contributed by atoms with E-state index in [1.165, 1.54) is 4.90 Å². The third kappa shape index (κ3) is 5.16. The van der Waals surface area contributed by atoms with E-state index >= 15 is 0 Å². The molecule has 0 bridgehead atoms. The number of amides is 2. The number of rotatable bonds is 8. The molecule has 6 nitrogen and oxygen atoms in total. The summed E-state index contributed by atoms with van der Waals surface area (Å²) in [6.07, 6.45) is 3.12. The molecule has 0 saturated carbocycles. The van der Waals surface area contributed by atoms with Crippen LogP contribution in [0, 0.1) is 0 Å². The van der Waals surface area contributed by atoms with E-state index in [9.17, 15) is 14.4 Å². The van der Waals surface area contributed by atoms with Gasteiger partial charge < -0.3 is 5.11 Å². The number of hydrogen-bond acceptors (Lipinski definition) is 4. The Kier molecular flexibility index (Phi) is 6.89. The van der Waals surface area contributed by atoms with Crippen molar-refractivity contribution in [3.05, 3.63) is 65.7 Å². The van der Waals surface area contributed by atoms with Crippen LogP contribution in [-0.2, 0) is 14.4 Å². The molecular weight excluding hydrogens is 368 g/mol. The maximum atomic E-state index is 12.9. The molecule has 0 unspecified atom stereocenters. The van der Waals surface area contributed by atoms with Gasteiger partial charge in [0.15, 0.2) is 0 Å². The van der Waals surface area contributed by atoms with E-state index in [4.69, 9.17) is 5.11 Å². The van der Waals surface area contributed by atoms with E-state index in [2.05, 4.69) is 4.99 Å². The highest BCUT2D eigenvalue weighted by Gasteiger charge is 2.29. The SMILES string of the molecule is O=C(O)CCCCCCC(=O)N1C(=O)CN=C(c2ccccc2)c2ccccc21. The van der Waals surface area contributed by atoms with E-state index in [1.54, 1.807) is 6.07 Å². The summed E-state index contributed by atoms with van der Waals surface area (Å²) < 4.78 is 0. The Balaban J connectivity index is 1.75. The summed E-state index contributed by atoms with van der Waals surface area (Å²) in [5.41, 5.74) is 2.94. The maximum Gasteiger partial charge on any atom is 0.303 e. The predicted molar refractivity (Wildman–Crippen MR) is 111 cm³/mol. The second-order valence-corrected chi connectivity index (χ2v) is 6.98. The van der Waals surface area contributed by atoms with Crippen molar-refractivity contribution in [2.24, 2.45) is 4.99 Å². The third-order valence-corrected chi connectivity index (χ3v) is 4.85. The van der Waals surface area contributed by atoms with Crippen LogP contribution in [0.15, 0.2) is 59.6 Å². The fourth-order valence-electron chi connectivity index (χ4n) is 3.44. The van der Waals surface area contributed by atoms with E-state index < -0.39 is 5.97 Å². The highest BCUT2D eigenvalue weighted by atomic mass is 16.4. The minimum Gasteiger partial charge on any atom is -0.481 e. The Labute approximate surface area is 169 Å². The molecule has 1 aliphatic rings. The minimum atomic E-state index is -0.804. The molecule has 0 radical (unpaired) electrons. The fourth-order valence-corrected chi connectivity index (χ4v) is 3.44. The van der Waals surface area contributed by atoms with Crippen molar-refractivity contribution < 1.29 is 19.5 Å². The number of hydrogen-bond donors (Lipinski definition) is 1. The first kappa shape index (κ1) is 20.5. The molecule has 6 heteroatoms. The third-order valence-electron chi connectivity index (χ3n) is 4.85. The van der Waals surface area contributed by atoms with Crippen molar-refractivity contribution in [1.82, 2.24) is 0 Å². The Morgan fingerprint density at radius 2 is 1.55 bits per heavy atom. The highest BCUT2D eigenvalue weighted by molar-refractivity contribution is 6.25. The van der Waals surface area contributed by atoms with Crippen LogP contribution in [0.2, 0.25) is 0 Å². The largest absolute Gasteiger partial charge is 0.481 e. The molecule has 2 aromatic rings. The number of imide groups is 1. The molecule has 1 N–H and O–H groups in total. The number of para-hydroxylation sites is 1. The number of carbonyl (C=O) groups is 3. The summed E-state index contributed by atoms with van der Waals surface area (Å²) in [4.78, 5) is 41.9. The lowest BCUT2D eigenvalue weighted by molar-refractivity contribution is -0.137. The molecule has 0 fully saturated rings. The number of nitrogens with zero attached hydrogens (tertiary/aromatic N) is 2. The number of unbranched alkanes of at least 4 members (excludes halogenated alkanes) is 3. The molecule has 150 valence electrons. The van der Waals surface area contributed by atoms with Gasteiger partial charge in [-0.15, -0.1) is 0 Å². The van der Waals surface area contributed by atoms with Gasteiger partial charge in [-0.05, 0) is 18.9 Å². The van der Waals surface area contributed by atoms with Crippen LogP contribution < -0.4 is 4.90 Å². The van der Waals surface area contributed by atoms with Crippen LogP contribution in [0.3, 0.4) is 0 Å². The number of aliphatic imine (C=N–C) groups is 1. The first-order valence-corrected chi connectivity index (χ1v) is 9.85. The number of carbonyl (C=O) groups excluding carboxylic acids is 2. The number of fused-ring (bicyclic) bond motifs is 1. The lowest BCUT2D eigenvalue weighted by Crippen LogP contribution is -2.38. The topological polar surface area (TPSA) is 87.0 Å². The second-order valence-electron chi connectivity index (χ2n) is 6.98. The summed E-state index contributed by atoms with van der Waals surface area (Å²) in [5, 5.41) is 8.67. The maximum absolute atomic E-state index is 12.9. The van der Waals surface area contributed by atoms with Crippen molar-refractivity contribution in [3.63, 3.8) is 0 Å².